The van der Waals surface area contributed by atoms with Crippen LogP contribution in [0.4, 0.5) is 15.8 Å². The quantitative estimate of drug-likeness (QED) is 0.830. The zero-order chi connectivity index (χ0) is 20.2. The third-order valence-electron chi connectivity index (χ3n) is 5.81. The SMILES string of the molecule is CC(=O)N1C(=O)C2(CC2)c2cc(F)c(NC(=O)C3=C(C(N)=O)CCCC3)cc21. The van der Waals surface area contributed by atoms with E-state index in [0.29, 0.717) is 36.9 Å². The second-order valence-electron chi connectivity index (χ2n) is 7.57. The fraction of sp³-hybridized carbons (Fsp3) is 0.400. The molecule has 0 aromatic heterocycles. The first-order valence-corrected chi connectivity index (χ1v) is 9.28. The lowest BCUT2D eigenvalue weighted by atomic mass is 9.90. The monoisotopic (exact) mass is 385 g/mol. The fourth-order valence-electron chi connectivity index (χ4n) is 4.21. The van der Waals surface area contributed by atoms with Gasteiger partial charge in [-0.3, -0.25) is 19.2 Å². The van der Waals surface area contributed by atoms with Crippen molar-refractivity contribution >= 4 is 35.0 Å². The van der Waals surface area contributed by atoms with E-state index in [-0.39, 0.29) is 22.7 Å². The molecule has 7 nitrogen and oxygen atoms in total. The van der Waals surface area contributed by atoms with Crippen molar-refractivity contribution in [2.45, 2.75) is 50.9 Å². The number of nitrogens with zero attached hydrogens (tertiary/aromatic N) is 1. The Morgan fingerprint density at radius 3 is 2.36 bits per heavy atom. The summed E-state index contributed by atoms with van der Waals surface area (Å²) in [4.78, 5) is 49.9. The summed E-state index contributed by atoms with van der Waals surface area (Å²) in [6.45, 7) is 1.27. The minimum Gasteiger partial charge on any atom is -0.366 e. The highest BCUT2D eigenvalue weighted by Gasteiger charge is 2.60. The molecule has 3 N–H and O–H groups in total. The van der Waals surface area contributed by atoms with Crippen LogP contribution in [0.3, 0.4) is 0 Å². The van der Waals surface area contributed by atoms with Crippen molar-refractivity contribution in [1.82, 2.24) is 0 Å². The molecule has 1 aromatic carbocycles. The van der Waals surface area contributed by atoms with E-state index >= 15 is 0 Å². The van der Waals surface area contributed by atoms with Gasteiger partial charge in [0.1, 0.15) is 5.82 Å². The van der Waals surface area contributed by atoms with E-state index in [0.717, 1.165) is 17.7 Å². The molecule has 0 unspecified atom stereocenters. The number of rotatable bonds is 3. The maximum atomic E-state index is 14.7. The Morgan fingerprint density at radius 2 is 1.79 bits per heavy atom. The van der Waals surface area contributed by atoms with Crippen molar-refractivity contribution in [3.8, 4) is 0 Å². The molecule has 0 bridgehead atoms. The maximum absolute atomic E-state index is 14.7. The summed E-state index contributed by atoms with van der Waals surface area (Å²) in [5.74, 6) is -2.72. The van der Waals surface area contributed by atoms with E-state index in [1.807, 2.05) is 0 Å². The van der Waals surface area contributed by atoms with Gasteiger partial charge in [-0.05, 0) is 56.2 Å². The number of fused-ring (bicyclic) bond motifs is 2. The molecule has 28 heavy (non-hydrogen) atoms. The second kappa shape index (κ2) is 6.25. The second-order valence-corrected chi connectivity index (χ2v) is 7.57. The standard InChI is InChI=1S/C20H20FN3O4/c1-10(25)24-16-9-15(14(21)8-13(16)20(6-7-20)19(24)28)23-18(27)12-5-3-2-4-11(12)17(22)26/h8-9H,2-7H2,1H3,(H2,22,26)(H,23,27). The Kier molecular flexibility index (Phi) is 4.10. The van der Waals surface area contributed by atoms with E-state index < -0.39 is 29.0 Å². The van der Waals surface area contributed by atoms with Crippen LogP contribution < -0.4 is 16.0 Å². The first kappa shape index (κ1) is 18.3. The molecule has 1 saturated carbocycles. The zero-order valence-electron chi connectivity index (χ0n) is 15.4. The lowest BCUT2D eigenvalue weighted by molar-refractivity contribution is -0.126. The summed E-state index contributed by atoms with van der Waals surface area (Å²) in [5, 5.41) is 2.49. The Bertz CT molecular complexity index is 978. The first-order chi connectivity index (χ1) is 13.3. The minimum atomic E-state index is -0.810. The molecule has 1 spiro atoms. The molecule has 4 rings (SSSR count). The molecule has 8 heteroatoms. The number of imide groups is 1. The molecule has 0 saturated heterocycles. The predicted molar refractivity (Wildman–Crippen MR) is 98.8 cm³/mol. The molecule has 2 aliphatic carbocycles. The van der Waals surface area contributed by atoms with Crippen molar-refractivity contribution < 1.29 is 23.6 Å². The van der Waals surface area contributed by atoms with Crippen LogP contribution in [0.1, 0.15) is 51.0 Å². The van der Waals surface area contributed by atoms with Gasteiger partial charge < -0.3 is 11.1 Å². The lowest BCUT2D eigenvalue weighted by Crippen LogP contribution is -2.35. The highest BCUT2D eigenvalue weighted by molar-refractivity contribution is 6.24. The number of carbonyl (C=O) groups is 4. The van der Waals surface area contributed by atoms with Crippen molar-refractivity contribution in [2.24, 2.45) is 5.73 Å². The van der Waals surface area contributed by atoms with Crippen LogP contribution in [0.2, 0.25) is 0 Å². The Balaban J connectivity index is 1.71. The van der Waals surface area contributed by atoms with Crippen LogP contribution in [0.15, 0.2) is 23.3 Å². The van der Waals surface area contributed by atoms with Crippen molar-refractivity contribution in [3.05, 3.63) is 34.7 Å². The number of halogens is 1. The van der Waals surface area contributed by atoms with Crippen molar-refractivity contribution in [1.29, 1.82) is 0 Å². The van der Waals surface area contributed by atoms with Gasteiger partial charge in [0.25, 0.3) is 5.91 Å². The number of benzene rings is 1. The van der Waals surface area contributed by atoms with Crippen LogP contribution in [-0.4, -0.2) is 23.6 Å². The fourth-order valence-corrected chi connectivity index (χ4v) is 4.21. The highest BCUT2D eigenvalue weighted by Crippen LogP contribution is 2.58. The number of primary amides is 1. The van der Waals surface area contributed by atoms with Gasteiger partial charge in [-0.25, -0.2) is 9.29 Å². The molecule has 0 atom stereocenters. The van der Waals surface area contributed by atoms with Gasteiger partial charge in [-0.2, -0.15) is 0 Å². The Morgan fingerprint density at radius 1 is 1.14 bits per heavy atom. The number of anilines is 2. The normalized spacial score (nSPS) is 19.6. The molecular weight excluding hydrogens is 365 g/mol. The number of hydrogen-bond acceptors (Lipinski definition) is 4. The number of nitrogens with two attached hydrogens (primary N) is 1. The number of hydrogen-bond donors (Lipinski definition) is 2. The average molecular weight is 385 g/mol. The molecule has 4 amide bonds. The topological polar surface area (TPSA) is 110 Å². The Hall–Kier alpha value is -3.03. The van der Waals surface area contributed by atoms with E-state index in [9.17, 15) is 23.6 Å². The van der Waals surface area contributed by atoms with Gasteiger partial charge in [0, 0.05) is 18.1 Å². The van der Waals surface area contributed by atoms with Gasteiger partial charge in [0.15, 0.2) is 0 Å². The third kappa shape index (κ3) is 2.63. The molecular formula is C20H20FN3O4. The predicted octanol–water partition coefficient (Wildman–Crippen LogP) is 2.04. The van der Waals surface area contributed by atoms with Crippen LogP contribution >= 0.6 is 0 Å². The van der Waals surface area contributed by atoms with E-state index in [1.54, 1.807) is 0 Å². The van der Waals surface area contributed by atoms with Crippen LogP contribution in [0, 0.1) is 5.82 Å². The molecule has 0 radical (unpaired) electrons. The summed E-state index contributed by atoms with van der Waals surface area (Å²) < 4.78 is 14.7. The minimum absolute atomic E-state index is 0.137. The summed E-state index contributed by atoms with van der Waals surface area (Å²) >= 11 is 0. The van der Waals surface area contributed by atoms with Gasteiger partial charge in [-0.15, -0.1) is 0 Å². The molecule has 1 aromatic rings. The zero-order valence-corrected chi connectivity index (χ0v) is 15.4. The number of amides is 4. The maximum Gasteiger partial charge on any atom is 0.252 e. The van der Waals surface area contributed by atoms with Crippen LogP contribution in [0.5, 0.6) is 0 Å². The largest absolute Gasteiger partial charge is 0.366 e. The highest BCUT2D eigenvalue weighted by atomic mass is 19.1. The van der Waals surface area contributed by atoms with Crippen molar-refractivity contribution in [3.63, 3.8) is 0 Å². The van der Waals surface area contributed by atoms with Gasteiger partial charge in [0.05, 0.1) is 16.8 Å². The lowest BCUT2D eigenvalue weighted by Gasteiger charge is -2.19. The molecule has 1 heterocycles. The van der Waals surface area contributed by atoms with E-state index in [1.165, 1.54) is 19.1 Å². The summed E-state index contributed by atoms with van der Waals surface area (Å²) in [6, 6.07) is 2.55. The van der Waals surface area contributed by atoms with Crippen LogP contribution in [0.25, 0.3) is 0 Å². The van der Waals surface area contributed by atoms with Gasteiger partial charge >= 0.3 is 0 Å². The number of carbonyl (C=O) groups excluding carboxylic acids is 4. The van der Waals surface area contributed by atoms with E-state index in [2.05, 4.69) is 5.32 Å². The summed E-state index contributed by atoms with van der Waals surface area (Å²) in [6.07, 6.45) is 3.45. The smallest absolute Gasteiger partial charge is 0.252 e. The van der Waals surface area contributed by atoms with Crippen molar-refractivity contribution in [2.75, 3.05) is 10.2 Å². The molecule has 3 aliphatic rings. The van der Waals surface area contributed by atoms with E-state index in [4.69, 9.17) is 5.73 Å². The van der Waals surface area contributed by atoms with Gasteiger partial charge in [0.2, 0.25) is 17.7 Å². The summed E-state index contributed by atoms with van der Waals surface area (Å²) in [7, 11) is 0. The Labute approximate surface area is 160 Å². The number of nitrogens with one attached hydrogen (secondary N) is 1. The van der Waals surface area contributed by atoms with Crippen LogP contribution in [-0.2, 0) is 24.6 Å². The third-order valence-corrected chi connectivity index (χ3v) is 5.81. The molecule has 1 fully saturated rings. The molecule has 1 aliphatic heterocycles. The first-order valence-electron chi connectivity index (χ1n) is 9.28. The summed E-state index contributed by atoms with van der Waals surface area (Å²) in [5.41, 5.74) is 5.73. The molecule has 146 valence electrons. The average Bonchev–Trinajstić information content (AvgIpc) is 3.41. The van der Waals surface area contributed by atoms with Gasteiger partial charge in [-0.1, -0.05) is 0 Å².